The first kappa shape index (κ1) is 14.3. The van der Waals surface area contributed by atoms with Gasteiger partial charge in [-0.25, -0.2) is 4.79 Å². The highest BCUT2D eigenvalue weighted by Gasteiger charge is 2.18. The molecule has 0 unspecified atom stereocenters. The fraction of sp³-hybridized carbons (Fsp3) is 0. The lowest BCUT2D eigenvalue weighted by Gasteiger charge is -2.07. The Morgan fingerprint density at radius 3 is 2.60 bits per heavy atom. The number of halogens is 1. The van der Waals surface area contributed by atoms with E-state index in [1.165, 1.54) is 6.07 Å². The number of aromatic carboxylic acids is 1. The van der Waals surface area contributed by atoms with E-state index in [4.69, 9.17) is 9.84 Å². The van der Waals surface area contributed by atoms with Gasteiger partial charge in [-0.2, -0.15) is 0 Å². The monoisotopic (exact) mass is 385 g/mol. The molecular weight excluding hydrogens is 377 g/mol. The Kier molecular flexibility index (Phi) is 4.18. The molecule has 7 heteroatoms. The van der Waals surface area contributed by atoms with Crippen molar-refractivity contribution in [2.45, 2.75) is 0 Å². The molecule has 0 spiro atoms. The van der Waals surface area contributed by atoms with Crippen LogP contribution in [0.3, 0.4) is 0 Å². The number of rotatable bonds is 4. The summed E-state index contributed by atoms with van der Waals surface area (Å²) in [5.41, 5.74) is -0.356. The molecule has 0 aromatic heterocycles. The van der Waals surface area contributed by atoms with Gasteiger partial charge in [0.1, 0.15) is 5.75 Å². The fourth-order valence-electron chi connectivity index (χ4n) is 1.54. The van der Waals surface area contributed by atoms with E-state index < -0.39 is 10.9 Å². The molecule has 0 amide bonds. The summed E-state index contributed by atoms with van der Waals surface area (Å²) in [4.78, 5) is 21.2. The molecule has 102 valence electrons. The number of nitrogens with zero attached hydrogens (tertiary/aromatic N) is 1. The first-order valence-electron chi connectivity index (χ1n) is 5.42. The molecule has 6 nitrogen and oxygen atoms in total. The minimum Gasteiger partial charge on any atom is -0.478 e. The van der Waals surface area contributed by atoms with E-state index in [1.807, 2.05) is 6.07 Å². The summed E-state index contributed by atoms with van der Waals surface area (Å²) >= 11 is 2.08. The molecule has 0 aliphatic carbocycles. The minimum absolute atomic E-state index is 0.0729. The maximum absolute atomic E-state index is 10.9. The molecule has 0 aliphatic heterocycles. The smallest absolute Gasteiger partial charge is 0.335 e. The molecule has 0 bridgehead atoms. The molecule has 20 heavy (non-hydrogen) atoms. The molecule has 2 rings (SSSR count). The molecule has 0 radical (unpaired) electrons. The van der Waals surface area contributed by atoms with Crippen LogP contribution in [0.1, 0.15) is 10.4 Å². The predicted molar refractivity (Wildman–Crippen MR) is 79.3 cm³/mol. The summed E-state index contributed by atoms with van der Waals surface area (Å²) in [7, 11) is 0. The van der Waals surface area contributed by atoms with E-state index in [9.17, 15) is 14.9 Å². The largest absolute Gasteiger partial charge is 0.478 e. The third kappa shape index (κ3) is 3.23. The summed E-state index contributed by atoms with van der Waals surface area (Å²) < 4.78 is 6.33. The third-order valence-corrected chi connectivity index (χ3v) is 3.10. The van der Waals surface area contributed by atoms with Gasteiger partial charge in [0, 0.05) is 15.7 Å². The van der Waals surface area contributed by atoms with Crippen molar-refractivity contribution in [3.63, 3.8) is 0 Å². The van der Waals surface area contributed by atoms with Gasteiger partial charge >= 0.3 is 11.7 Å². The quantitative estimate of drug-likeness (QED) is 0.493. The second kappa shape index (κ2) is 5.87. The zero-order valence-corrected chi connectivity index (χ0v) is 12.1. The number of nitro groups is 1. The van der Waals surface area contributed by atoms with Crippen LogP contribution in [-0.4, -0.2) is 16.0 Å². The Morgan fingerprint density at radius 1 is 1.25 bits per heavy atom. The molecule has 0 heterocycles. The van der Waals surface area contributed by atoms with Gasteiger partial charge in [0.15, 0.2) is 0 Å². The van der Waals surface area contributed by atoms with E-state index in [2.05, 4.69) is 22.6 Å². The van der Waals surface area contributed by atoms with Crippen LogP contribution < -0.4 is 4.74 Å². The van der Waals surface area contributed by atoms with Gasteiger partial charge in [-0.05, 0) is 46.9 Å². The number of ether oxygens (including phenoxy) is 1. The standard InChI is InChI=1S/C13H8INO5/c14-9-2-1-3-10(7-9)20-12-6-8(13(16)17)4-5-11(12)15(18)19/h1-7H,(H,16,17). The predicted octanol–water partition coefficient (Wildman–Crippen LogP) is 3.69. The highest BCUT2D eigenvalue weighted by molar-refractivity contribution is 14.1. The minimum atomic E-state index is -1.17. The highest BCUT2D eigenvalue weighted by Crippen LogP contribution is 2.32. The maximum Gasteiger partial charge on any atom is 0.335 e. The van der Waals surface area contributed by atoms with Crippen molar-refractivity contribution in [1.29, 1.82) is 0 Å². The number of carboxylic acids is 1. The molecule has 2 aromatic carbocycles. The topological polar surface area (TPSA) is 89.7 Å². The van der Waals surface area contributed by atoms with Gasteiger partial charge in [-0.15, -0.1) is 0 Å². The van der Waals surface area contributed by atoms with Crippen LogP contribution in [-0.2, 0) is 0 Å². The molecule has 0 saturated heterocycles. The van der Waals surface area contributed by atoms with Crippen LogP contribution >= 0.6 is 22.6 Å². The second-order valence-corrected chi connectivity index (χ2v) is 5.05. The first-order valence-corrected chi connectivity index (χ1v) is 6.50. The average Bonchev–Trinajstić information content (AvgIpc) is 2.38. The number of benzene rings is 2. The van der Waals surface area contributed by atoms with Crippen molar-refractivity contribution >= 4 is 34.2 Å². The van der Waals surface area contributed by atoms with Crippen LogP contribution in [0.2, 0.25) is 0 Å². The number of nitro benzene ring substituents is 1. The summed E-state index contributed by atoms with van der Waals surface area (Å²) in [6.07, 6.45) is 0. The van der Waals surface area contributed by atoms with E-state index in [0.717, 1.165) is 15.7 Å². The van der Waals surface area contributed by atoms with E-state index in [1.54, 1.807) is 18.2 Å². The Hall–Kier alpha value is -2.16. The molecule has 1 N–H and O–H groups in total. The highest BCUT2D eigenvalue weighted by atomic mass is 127. The number of carboxylic acid groups (broad SMARTS) is 1. The SMILES string of the molecule is O=C(O)c1ccc([N+](=O)[O-])c(Oc2cccc(I)c2)c1. The van der Waals surface area contributed by atoms with Gasteiger partial charge in [0.2, 0.25) is 5.75 Å². The lowest BCUT2D eigenvalue weighted by molar-refractivity contribution is -0.385. The van der Waals surface area contributed by atoms with Crippen LogP contribution in [0.25, 0.3) is 0 Å². The Morgan fingerprint density at radius 2 is 2.00 bits per heavy atom. The van der Waals surface area contributed by atoms with Crippen molar-refractivity contribution < 1.29 is 19.6 Å². The Labute approximate surface area is 127 Å². The molecule has 0 saturated carbocycles. The van der Waals surface area contributed by atoms with E-state index >= 15 is 0 Å². The van der Waals surface area contributed by atoms with Gasteiger partial charge in [0.25, 0.3) is 0 Å². The zero-order chi connectivity index (χ0) is 14.7. The van der Waals surface area contributed by atoms with E-state index in [-0.39, 0.29) is 17.0 Å². The van der Waals surface area contributed by atoms with Crippen molar-refractivity contribution in [2.75, 3.05) is 0 Å². The zero-order valence-electron chi connectivity index (χ0n) is 9.95. The van der Waals surface area contributed by atoms with Crippen LogP contribution in [0.5, 0.6) is 11.5 Å². The normalized spacial score (nSPS) is 10.1. The lowest BCUT2D eigenvalue weighted by Crippen LogP contribution is -1.99. The second-order valence-electron chi connectivity index (χ2n) is 3.80. The Bertz CT molecular complexity index is 686. The molecule has 2 aromatic rings. The molecule has 0 fully saturated rings. The van der Waals surface area contributed by atoms with Crippen LogP contribution in [0, 0.1) is 13.7 Å². The summed E-state index contributed by atoms with van der Waals surface area (Å²) in [6, 6.07) is 10.3. The van der Waals surface area contributed by atoms with Gasteiger partial charge in [-0.1, -0.05) is 6.07 Å². The number of hydrogen-bond acceptors (Lipinski definition) is 4. The lowest BCUT2D eigenvalue weighted by atomic mass is 10.2. The van der Waals surface area contributed by atoms with Crippen LogP contribution in [0.4, 0.5) is 5.69 Å². The third-order valence-electron chi connectivity index (χ3n) is 2.43. The van der Waals surface area contributed by atoms with Gasteiger partial charge < -0.3 is 9.84 Å². The van der Waals surface area contributed by atoms with E-state index in [0.29, 0.717) is 5.75 Å². The molecule has 0 aliphatic rings. The summed E-state index contributed by atoms with van der Waals surface area (Å²) in [5.74, 6) is -0.869. The van der Waals surface area contributed by atoms with Crippen LogP contribution in [0.15, 0.2) is 42.5 Å². The number of carbonyl (C=O) groups is 1. The molecule has 0 atom stereocenters. The van der Waals surface area contributed by atoms with Crippen molar-refractivity contribution in [3.05, 3.63) is 61.7 Å². The van der Waals surface area contributed by atoms with Gasteiger partial charge in [-0.3, -0.25) is 10.1 Å². The van der Waals surface area contributed by atoms with Crippen molar-refractivity contribution in [3.8, 4) is 11.5 Å². The Balaban J connectivity index is 2.44. The van der Waals surface area contributed by atoms with Gasteiger partial charge in [0.05, 0.1) is 10.5 Å². The van der Waals surface area contributed by atoms with Crippen molar-refractivity contribution in [2.24, 2.45) is 0 Å². The first-order chi connectivity index (χ1) is 9.47. The maximum atomic E-state index is 10.9. The average molecular weight is 385 g/mol. The molecular formula is C13H8INO5. The summed E-state index contributed by atoms with van der Waals surface area (Å²) in [5, 5.41) is 19.9. The fourth-order valence-corrected chi connectivity index (χ4v) is 2.05. The number of hydrogen-bond donors (Lipinski definition) is 1. The van der Waals surface area contributed by atoms with Crippen molar-refractivity contribution in [1.82, 2.24) is 0 Å². The summed E-state index contributed by atoms with van der Waals surface area (Å²) in [6.45, 7) is 0.